The molecule has 4 rings (SSSR count). The summed E-state index contributed by atoms with van der Waals surface area (Å²) in [6.07, 6.45) is 1.82. The molecule has 0 fully saturated rings. The molecule has 0 aliphatic rings. The van der Waals surface area contributed by atoms with Gasteiger partial charge in [0.15, 0.2) is 5.82 Å². The molecule has 0 amide bonds. The number of pyridine rings is 1. The predicted molar refractivity (Wildman–Crippen MR) is 99.2 cm³/mol. The molecule has 0 atom stereocenters. The highest BCUT2D eigenvalue weighted by molar-refractivity contribution is 5.98. The van der Waals surface area contributed by atoms with E-state index in [0.717, 1.165) is 51.8 Å². The lowest BCUT2D eigenvalue weighted by molar-refractivity contribution is 0.199. The highest BCUT2D eigenvalue weighted by atomic mass is 16.5. The molecule has 7 nitrogen and oxygen atoms in total. The number of H-pyrrole nitrogens is 2. The first-order valence-corrected chi connectivity index (χ1v) is 8.16. The summed E-state index contributed by atoms with van der Waals surface area (Å²) >= 11 is 0. The number of hydrogen-bond donors (Lipinski definition) is 4. The fraction of sp³-hybridized carbons (Fsp3) is 0.222. The van der Waals surface area contributed by atoms with E-state index < -0.39 is 0 Å². The van der Waals surface area contributed by atoms with Crippen LogP contribution in [0.4, 0.5) is 5.82 Å². The second-order valence-electron chi connectivity index (χ2n) is 5.95. The van der Waals surface area contributed by atoms with E-state index in [1.165, 1.54) is 0 Å². The van der Waals surface area contributed by atoms with Gasteiger partial charge < -0.3 is 20.8 Å². The number of methoxy groups -OCH3 is 1. The van der Waals surface area contributed by atoms with Gasteiger partial charge in [0.2, 0.25) is 0 Å². The van der Waals surface area contributed by atoms with E-state index >= 15 is 0 Å². The molecular weight excluding hydrogens is 316 g/mol. The van der Waals surface area contributed by atoms with Gasteiger partial charge in [0.05, 0.1) is 12.1 Å². The molecule has 0 aliphatic heterocycles. The molecule has 4 aromatic rings. The number of aromatic nitrogens is 4. The van der Waals surface area contributed by atoms with Crippen LogP contribution in [0.3, 0.4) is 0 Å². The molecule has 0 saturated heterocycles. The summed E-state index contributed by atoms with van der Waals surface area (Å²) in [5.74, 6) is 0.513. The van der Waals surface area contributed by atoms with Gasteiger partial charge in [0.1, 0.15) is 5.65 Å². The number of anilines is 1. The normalized spacial score (nSPS) is 11.6. The summed E-state index contributed by atoms with van der Waals surface area (Å²) in [5, 5.41) is 12.3. The van der Waals surface area contributed by atoms with Crippen molar-refractivity contribution in [2.24, 2.45) is 0 Å². The van der Waals surface area contributed by atoms with Gasteiger partial charge in [-0.3, -0.25) is 5.10 Å². The molecule has 0 unspecified atom stereocenters. The Kier molecular flexibility index (Phi) is 4.09. The maximum atomic E-state index is 5.94. The monoisotopic (exact) mass is 336 g/mol. The second-order valence-corrected chi connectivity index (χ2v) is 5.95. The number of nitrogens with two attached hydrogens (primary N) is 1. The Bertz CT molecular complexity index is 1020. The number of hydrogen-bond acceptors (Lipinski definition) is 5. The number of aromatic amines is 2. The summed E-state index contributed by atoms with van der Waals surface area (Å²) < 4.78 is 5.05. The van der Waals surface area contributed by atoms with Crippen LogP contribution in [0.25, 0.3) is 33.1 Å². The SMILES string of the molecule is COCCNCc1cc2c(-c3ccc4[nH]nc(N)c4c3)ccnc2[nH]1. The Morgan fingerprint density at radius 2 is 2.12 bits per heavy atom. The number of benzene rings is 1. The van der Waals surface area contributed by atoms with Gasteiger partial charge in [-0.15, -0.1) is 0 Å². The molecule has 7 heteroatoms. The smallest absolute Gasteiger partial charge is 0.153 e. The lowest BCUT2D eigenvalue weighted by atomic mass is 10.0. The first-order valence-electron chi connectivity index (χ1n) is 8.16. The van der Waals surface area contributed by atoms with Crippen LogP contribution >= 0.6 is 0 Å². The van der Waals surface area contributed by atoms with Crippen molar-refractivity contribution in [2.75, 3.05) is 26.0 Å². The molecule has 25 heavy (non-hydrogen) atoms. The number of nitrogens with zero attached hydrogens (tertiary/aromatic N) is 2. The summed E-state index contributed by atoms with van der Waals surface area (Å²) in [5.41, 5.74) is 11.0. The number of nitrogen functional groups attached to an aromatic ring is 1. The summed E-state index contributed by atoms with van der Waals surface area (Å²) in [6, 6.07) is 10.3. The van der Waals surface area contributed by atoms with Crippen molar-refractivity contribution in [1.29, 1.82) is 0 Å². The van der Waals surface area contributed by atoms with Crippen molar-refractivity contribution in [2.45, 2.75) is 6.54 Å². The zero-order valence-electron chi connectivity index (χ0n) is 14.0. The van der Waals surface area contributed by atoms with E-state index in [9.17, 15) is 0 Å². The van der Waals surface area contributed by atoms with Crippen molar-refractivity contribution < 1.29 is 4.74 Å². The third-order valence-corrected chi connectivity index (χ3v) is 4.29. The van der Waals surface area contributed by atoms with Crippen LogP contribution in [0, 0.1) is 0 Å². The summed E-state index contributed by atoms with van der Waals surface area (Å²) in [4.78, 5) is 7.82. The van der Waals surface area contributed by atoms with E-state index in [0.29, 0.717) is 12.4 Å². The second kappa shape index (κ2) is 6.54. The third kappa shape index (κ3) is 2.95. The standard InChI is InChI=1S/C18H20N6O/c1-25-7-6-20-10-12-9-14-13(4-5-21-18(14)22-12)11-2-3-16-15(8-11)17(19)24-23-16/h2-5,8-9,20H,6-7,10H2,1H3,(H,21,22)(H3,19,23,24). The van der Waals surface area contributed by atoms with Gasteiger partial charge in [-0.1, -0.05) is 6.07 Å². The van der Waals surface area contributed by atoms with E-state index in [1.54, 1.807) is 7.11 Å². The molecule has 0 spiro atoms. The first-order chi connectivity index (χ1) is 12.3. The number of rotatable bonds is 6. The Labute approximate surface area is 144 Å². The molecule has 0 bridgehead atoms. The van der Waals surface area contributed by atoms with Crippen molar-refractivity contribution in [3.05, 3.63) is 42.2 Å². The Morgan fingerprint density at radius 1 is 1.20 bits per heavy atom. The zero-order chi connectivity index (χ0) is 17.2. The van der Waals surface area contributed by atoms with Crippen LogP contribution in [0.1, 0.15) is 5.69 Å². The topological polar surface area (TPSA) is 105 Å². The van der Waals surface area contributed by atoms with Crippen molar-refractivity contribution in [3.63, 3.8) is 0 Å². The molecule has 3 aromatic heterocycles. The molecular formula is C18H20N6O. The van der Waals surface area contributed by atoms with Crippen molar-refractivity contribution in [1.82, 2.24) is 25.5 Å². The molecule has 5 N–H and O–H groups in total. The van der Waals surface area contributed by atoms with Crippen molar-refractivity contribution >= 4 is 27.8 Å². The highest BCUT2D eigenvalue weighted by Crippen LogP contribution is 2.31. The number of fused-ring (bicyclic) bond motifs is 2. The van der Waals surface area contributed by atoms with Crippen LogP contribution < -0.4 is 11.1 Å². The highest BCUT2D eigenvalue weighted by Gasteiger charge is 2.10. The van der Waals surface area contributed by atoms with Crippen LogP contribution in [0.15, 0.2) is 36.5 Å². The summed E-state index contributed by atoms with van der Waals surface area (Å²) in [6.45, 7) is 2.24. The van der Waals surface area contributed by atoms with E-state index in [-0.39, 0.29) is 0 Å². The zero-order valence-corrected chi connectivity index (χ0v) is 14.0. The van der Waals surface area contributed by atoms with Gasteiger partial charge in [-0.25, -0.2) is 4.98 Å². The van der Waals surface area contributed by atoms with Gasteiger partial charge in [0.25, 0.3) is 0 Å². The maximum Gasteiger partial charge on any atom is 0.153 e. The van der Waals surface area contributed by atoms with Crippen LogP contribution in [-0.4, -0.2) is 40.4 Å². The molecule has 3 heterocycles. The largest absolute Gasteiger partial charge is 0.383 e. The quantitative estimate of drug-likeness (QED) is 0.405. The predicted octanol–water partition coefficient (Wildman–Crippen LogP) is 2.42. The molecule has 0 radical (unpaired) electrons. The van der Waals surface area contributed by atoms with E-state index in [1.807, 2.05) is 18.3 Å². The van der Waals surface area contributed by atoms with Crippen molar-refractivity contribution in [3.8, 4) is 11.1 Å². The fourth-order valence-corrected chi connectivity index (χ4v) is 3.03. The fourth-order valence-electron chi connectivity index (χ4n) is 3.03. The Morgan fingerprint density at radius 3 is 3.00 bits per heavy atom. The minimum Gasteiger partial charge on any atom is -0.383 e. The number of nitrogens with one attached hydrogen (secondary N) is 3. The molecule has 128 valence electrons. The lowest BCUT2D eigenvalue weighted by Gasteiger charge is -2.03. The van der Waals surface area contributed by atoms with E-state index in [4.69, 9.17) is 10.5 Å². The minimum atomic E-state index is 0.513. The average Bonchev–Trinajstić information content (AvgIpc) is 3.21. The van der Waals surface area contributed by atoms with Gasteiger partial charge in [-0.05, 0) is 35.4 Å². The maximum absolute atomic E-state index is 5.94. The van der Waals surface area contributed by atoms with Gasteiger partial charge >= 0.3 is 0 Å². The van der Waals surface area contributed by atoms with Gasteiger partial charge in [0, 0.05) is 42.9 Å². The Balaban J connectivity index is 1.70. The third-order valence-electron chi connectivity index (χ3n) is 4.29. The summed E-state index contributed by atoms with van der Waals surface area (Å²) in [7, 11) is 1.70. The minimum absolute atomic E-state index is 0.513. The van der Waals surface area contributed by atoms with Crippen LogP contribution in [0.5, 0.6) is 0 Å². The average molecular weight is 336 g/mol. The Hall–Kier alpha value is -2.90. The number of ether oxygens (including phenoxy) is 1. The van der Waals surface area contributed by atoms with Gasteiger partial charge in [-0.2, -0.15) is 5.10 Å². The van der Waals surface area contributed by atoms with E-state index in [2.05, 4.69) is 43.7 Å². The van der Waals surface area contributed by atoms with Crippen LogP contribution in [-0.2, 0) is 11.3 Å². The molecule has 0 saturated carbocycles. The molecule has 1 aromatic carbocycles. The lowest BCUT2D eigenvalue weighted by Crippen LogP contribution is -2.18. The molecule has 0 aliphatic carbocycles. The first kappa shape index (κ1) is 15.6. The van der Waals surface area contributed by atoms with Crippen LogP contribution in [0.2, 0.25) is 0 Å².